The van der Waals surface area contributed by atoms with E-state index in [9.17, 15) is 4.79 Å². The zero-order valence-electron chi connectivity index (χ0n) is 16.3. The Hall–Kier alpha value is -2.46. The van der Waals surface area contributed by atoms with Crippen molar-refractivity contribution in [2.45, 2.75) is 45.7 Å². The van der Waals surface area contributed by atoms with Crippen LogP contribution in [-0.2, 0) is 12.0 Å². The van der Waals surface area contributed by atoms with Gasteiger partial charge in [0, 0.05) is 5.56 Å². The lowest BCUT2D eigenvalue weighted by molar-refractivity contribution is -0.924. The van der Waals surface area contributed by atoms with Gasteiger partial charge >= 0.3 is 0 Å². The van der Waals surface area contributed by atoms with E-state index >= 15 is 0 Å². The standard InChI is InChI=1S/C22H27N3O/c1-15(20-23-19-9-7-6-8-18(19)21(26)24-20)25(5)14-16-10-12-17(13-11-16)22(2,3)4/h6-13,15H,14H2,1-5H3,(H,23,24,26)/p+1/t15-/m0/s1. The molecule has 0 radical (unpaired) electrons. The molecule has 4 nitrogen and oxygen atoms in total. The van der Waals surface area contributed by atoms with Crippen LogP contribution in [0.4, 0.5) is 0 Å². The minimum absolute atomic E-state index is 0.0696. The fourth-order valence-electron chi connectivity index (χ4n) is 3.14. The van der Waals surface area contributed by atoms with E-state index in [1.165, 1.54) is 16.0 Å². The zero-order valence-corrected chi connectivity index (χ0v) is 16.3. The predicted octanol–water partition coefficient (Wildman–Crippen LogP) is 3.00. The van der Waals surface area contributed by atoms with E-state index < -0.39 is 0 Å². The van der Waals surface area contributed by atoms with Crippen LogP contribution in [0.2, 0.25) is 0 Å². The van der Waals surface area contributed by atoms with E-state index in [0.29, 0.717) is 5.39 Å². The van der Waals surface area contributed by atoms with Gasteiger partial charge in [0.1, 0.15) is 12.6 Å². The lowest BCUT2D eigenvalue weighted by Crippen LogP contribution is -3.07. The number of aromatic nitrogens is 2. The molecule has 0 bridgehead atoms. The SMILES string of the molecule is C[C@@H](c1nc2ccccc2c(=O)[nH]1)[NH+](C)Cc1ccc(C(C)(C)C)cc1. The molecule has 4 heteroatoms. The van der Waals surface area contributed by atoms with Crippen molar-refractivity contribution in [3.63, 3.8) is 0 Å². The van der Waals surface area contributed by atoms with Crippen molar-refractivity contribution in [1.29, 1.82) is 0 Å². The van der Waals surface area contributed by atoms with Gasteiger partial charge in [-0.05, 0) is 30.0 Å². The molecule has 136 valence electrons. The lowest BCUT2D eigenvalue weighted by atomic mass is 9.87. The maximum atomic E-state index is 12.3. The highest BCUT2D eigenvalue weighted by Gasteiger charge is 2.20. The van der Waals surface area contributed by atoms with Crippen molar-refractivity contribution in [3.05, 3.63) is 75.8 Å². The number of H-pyrrole nitrogens is 1. The third kappa shape index (κ3) is 3.86. The van der Waals surface area contributed by atoms with E-state index in [-0.39, 0.29) is 17.0 Å². The van der Waals surface area contributed by atoms with Crippen molar-refractivity contribution >= 4 is 10.9 Å². The molecule has 2 aromatic carbocycles. The zero-order chi connectivity index (χ0) is 18.9. The third-order valence-electron chi connectivity index (χ3n) is 5.08. The molecule has 0 fully saturated rings. The van der Waals surface area contributed by atoms with Gasteiger partial charge in [-0.25, -0.2) is 4.98 Å². The second-order valence-electron chi connectivity index (χ2n) is 8.16. The number of aromatic amines is 1. The van der Waals surface area contributed by atoms with Crippen molar-refractivity contribution in [3.8, 4) is 0 Å². The van der Waals surface area contributed by atoms with E-state index in [2.05, 4.69) is 69.0 Å². The number of nitrogens with zero attached hydrogens (tertiary/aromatic N) is 1. The molecule has 0 aliphatic carbocycles. The molecular weight excluding hydrogens is 322 g/mol. The summed E-state index contributed by atoms with van der Waals surface area (Å²) in [7, 11) is 2.14. The third-order valence-corrected chi connectivity index (χ3v) is 5.08. The average Bonchev–Trinajstić information content (AvgIpc) is 2.60. The lowest BCUT2D eigenvalue weighted by Gasteiger charge is -2.22. The molecule has 2 N–H and O–H groups in total. The maximum Gasteiger partial charge on any atom is 0.258 e. The Morgan fingerprint density at radius 2 is 1.73 bits per heavy atom. The van der Waals surface area contributed by atoms with Crippen molar-refractivity contribution in [1.82, 2.24) is 9.97 Å². The van der Waals surface area contributed by atoms with Gasteiger partial charge in [0.15, 0.2) is 5.82 Å². The molecule has 0 amide bonds. The van der Waals surface area contributed by atoms with Gasteiger partial charge in [0.2, 0.25) is 0 Å². The smallest absolute Gasteiger partial charge is 0.258 e. The van der Waals surface area contributed by atoms with Crippen LogP contribution >= 0.6 is 0 Å². The van der Waals surface area contributed by atoms with Crippen LogP contribution in [0.25, 0.3) is 10.9 Å². The predicted molar refractivity (Wildman–Crippen MR) is 107 cm³/mol. The molecule has 0 aliphatic rings. The number of hydrogen-bond donors (Lipinski definition) is 2. The Bertz CT molecular complexity index is 952. The molecule has 0 saturated heterocycles. The maximum absolute atomic E-state index is 12.3. The van der Waals surface area contributed by atoms with Crippen LogP contribution in [0, 0.1) is 0 Å². The first kappa shape index (κ1) is 18.3. The van der Waals surface area contributed by atoms with Crippen LogP contribution in [0.5, 0.6) is 0 Å². The highest BCUT2D eigenvalue weighted by Crippen LogP contribution is 2.22. The molecule has 3 aromatic rings. The van der Waals surface area contributed by atoms with Crippen LogP contribution in [0.15, 0.2) is 53.3 Å². The number of fused-ring (bicyclic) bond motifs is 1. The van der Waals surface area contributed by atoms with E-state index in [4.69, 9.17) is 0 Å². The fourth-order valence-corrected chi connectivity index (χ4v) is 3.14. The largest absolute Gasteiger partial charge is 0.325 e. The Balaban J connectivity index is 1.79. The summed E-state index contributed by atoms with van der Waals surface area (Å²) in [6, 6.07) is 16.4. The van der Waals surface area contributed by atoms with Gasteiger partial charge in [-0.15, -0.1) is 0 Å². The Labute approximate surface area is 154 Å². The summed E-state index contributed by atoms with van der Waals surface area (Å²) < 4.78 is 0. The van der Waals surface area contributed by atoms with Crippen molar-refractivity contribution in [2.24, 2.45) is 0 Å². The fraction of sp³-hybridized carbons (Fsp3) is 0.364. The monoisotopic (exact) mass is 350 g/mol. The van der Waals surface area contributed by atoms with Gasteiger partial charge in [-0.2, -0.15) is 0 Å². The summed E-state index contributed by atoms with van der Waals surface area (Å²) in [5.74, 6) is 0.734. The van der Waals surface area contributed by atoms with E-state index in [1.54, 1.807) is 0 Å². The molecule has 26 heavy (non-hydrogen) atoms. The number of hydrogen-bond acceptors (Lipinski definition) is 2. The Kier molecular flexibility index (Phi) is 4.97. The Morgan fingerprint density at radius 3 is 2.38 bits per heavy atom. The van der Waals surface area contributed by atoms with Crippen LogP contribution in [0.3, 0.4) is 0 Å². The summed E-state index contributed by atoms with van der Waals surface area (Å²) in [5.41, 5.74) is 3.47. The second kappa shape index (κ2) is 7.04. The summed E-state index contributed by atoms with van der Waals surface area (Å²) in [4.78, 5) is 21.2. The topological polar surface area (TPSA) is 50.2 Å². The van der Waals surface area contributed by atoms with Gasteiger partial charge in [-0.3, -0.25) is 4.79 Å². The molecule has 1 heterocycles. The first-order valence-electron chi connectivity index (χ1n) is 9.16. The molecule has 3 rings (SSSR count). The number of benzene rings is 2. The second-order valence-corrected chi connectivity index (χ2v) is 8.16. The molecule has 1 aromatic heterocycles. The quantitative estimate of drug-likeness (QED) is 0.760. The molecule has 0 spiro atoms. The number of quaternary nitrogens is 1. The number of nitrogens with one attached hydrogen (secondary N) is 2. The van der Waals surface area contributed by atoms with Crippen molar-refractivity contribution < 1.29 is 4.90 Å². The molecule has 1 unspecified atom stereocenters. The molecular formula is C22H28N3O+. The summed E-state index contributed by atoms with van der Waals surface area (Å²) in [6.45, 7) is 9.66. The van der Waals surface area contributed by atoms with Gasteiger partial charge in [0.25, 0.3) is 5.56 Å². The molecule has 0 saturated carbocycles. The number of para-hydroxylation sites is 1. The van der Waals surface area contributed by atoms with Crippen LogP contribution in [0.1, 0.15) is 50.7 Å². The van der Waals surface area contributed by atoms with E-state index in [1.807, 2.05) is 24.3 Å². The van der Waals surface area contributed by atoms with Crippen LogP contribution in [-0.4, -0.2) is 17.0 Å². The van der Waals surface area contributed by atoms with E-state index in [0.717, 1.165) is 17.9 Å². The highest BCUT2D eigenvalue weighted by atomic mass is 16.1. The van der Waals surface area contributed by atoms with Gasteiger partial charge in [-0.1, -0.05) is 57.2 Å². The van der Waals surface area contributed by atoms with Gasteiger partial charge in [0.05, 0.1) is 18.0 Å². The number of rotatable bonds is 4. The first-order chi connectivity index (χ1) is 12.3. The summed E-state index contributed by atoms with van der Waals surface area (Å²) >= 11 is 0. The van der Waals surface area contributed by atoms with Crippen LogP contribution < -0.4 is 10.5 Å². The summed E-state index contributed by atoms with van der Waals surface area (Å²) in [6.07, 6.45) is 0. The normalized spacial score (nSPS) is 14.3. The molecule has 0 aliphatic heterocycles. The van der Waals surface area contributed by atoms with Crippen molar-refractivity contribution in [2.75, 3.05) is 7.05 Å². The molecule has 2 atom stereocenters. The minimum Gasteiger partial charge on any atom is -0.325 e. The first-order valence-corrected chi connectivity index (χ1v) is 9.16. The average molecular weight is 350 g/mol. The highest BCUT2D eigenvalue weighted by molar-refractivity contribution is 5.77. The van der Waals surface area contributed by atoms with Gasteiger partial charge < -0.3 is 9.88 Å². The summed E-state index contributed by atoms with van der Waals surface area (Å²) in [5, 5.41) is 0.638. The minimum atomic E-state index is -0.0696. The Morgan fingerprint density at radius 1 is 1.08 bits per heavy atom.